The lowest BCUT2D eigenvalue weighted by Crippen LogP contribution is -2.57. The van der Waals surface area contributed by atoms with Crippen molar-refractivity contribution in [2.24, 2.45) is 4.99 Å². The Morgan fingerprint density at radius 1 is 1.11 bits per heavy atom. The highest BCUT2D eigenvalue weighted by molar-refractivity contribution is 5.79. The van der Waals surface area contributed by atoms with Crippen molar-refractivity contribution in [1.29, 1.82) is 0 Å². The summed E-state index contributed by atoms with van der Waals surface area (Å²) < 4.78 is 5.00. The van der Waals surface area contributed by atoms with Gasteiger partial charge < -0.3 is 25.2 Å². The first-order valence-electron chi connectivity index (χ1n) is 6.02. The molecule has 1 aliphatic heterocycles. The molecule has 6 nitrogen and oxygen atoms in total. The van der Waals surface area contributed by atoms with Gasteiger partial charge in [-0.05, 0) is 5.56 Å². The Labute approximate surface area is 110 Å². The van der Waals surface area contributed by atoms with Crippen LogP contribution < -0.4 is 0 Å². The molecule has 5 unspecified atom stereocenters. The Morgan fingerprint density at radius 3 is 2.42 bits per heavy atom. The van der Waals surface area contributed by atoms with Crippen molar-refractivity contribution in [2.75, 3.05) is 6.61 Å². The van der Waals surface area contributed by atoms with E-state index in [1.165, 1.54) is 6.21 Å². The van der Waals surface area contributed by atoms with Crippen LogP contribution in [0.25, 0.3) is 0 Å². The number of rotatable bonds is 3. The van der Waals surface area contributed by atoms with Gasteiger partial charge in [0.05, 0.1) is 6.61 Å². The molecule has 0 bridgehead atoms. The second-order valence-corrected chi connectivity index (χ2v) is 4.41. The maximum atomic E-state index is 9.87. The smallest absolute Gasteiger partial charge is 0.180 e. The third-order valence-corrected chi connectivity index (χ3v) is 3.06. The molecule has 1 saturated heterocycles. The van der Waals surface area contributed by atoms with Gasteiger partial charge in [-0.3, -0.25) is 4.99 Å². The van der Waals surface area contributed by atoms with Crippen molar-refractivity contribution < 1.29 is 25.2 Å². The number of hydrogen-bond acceptors (Lipinski definition) is 6. The molecule has 1 aromatic carbocycles. The molecular formula is C13H17NO5. The summed E-state index contributed by atoms with van der Waals surface area (Å²) in [5.41, 5.74) is 0.806. The predicted octanol–water partition coefficient (Wildman–Crippen LogP) is -1.09. The van der Waals surface area contributed by atoms with Crippen LogP contribution in [-0.2, 0) is 4.74 Å². The summed E-state index contributed by atoms with van der Waals surface area (Å²) in [4.78, 5) is 4.04. The van der Waals surface area contributed by atoms with Crippen LogP contribution in [-0.4, -0.2) is 63.9 Å². The Kier molecular flexibility index (Phi) is 4.62. The quantitative estimate of drug-likeness (QED) is 0.521. The first-order chi connectivity index (χ1) is 9.13. The lowest BCUT2D eigenvalue weighted by atomic mass is 9.97. The van der Waals surface area contributed by atoms with Crippen molar-refractivity contribution in [3.8, 4) is 0 Å². The van der Waals surface area contributed by atoms with E-state index < -0.39 is 37.3 Å². The third-order valence-electron chi connectivity index (χ3n) is 3.06. The van der Waals surface area contributed by atoms with Gasteiger partial charge in [-0.15, -0.1) is 0 Å². The summed E-state index contributed by atoms with van der Waals surface area (Å²) in [5.74, 6) is 0. The van der Waals surface area contributed by atoms with Gasteiger partial charge >= 0.3 is 0 Å². The van der Waals surface area contributed by atoms with Gasteiger partial charge in [-0.25, -0.2) is 0 Å². The number of nitrogens with zero attached hydrogens (tertiary/aromatic N) is 1. The molecule has 1 aromatic rings. The molecule has 0 aromatic heterocycles. The summed E-state index contributed by atoms with van der Waals surface area (Å²) in [7, 11) is 0. The average molecular weight is 267 g/mol. The largest absolute Gasteiger partial charge is 0.394 e. The number of hydrogen-bond donors (Lipinski definition) is 4. The minimum Gasteiger partial charge on any atom is -0.394 e. The maximum Gasteiger partial charge on any atom is 0.180 e. The standard InChI is InChI=1S/C13H17NO5/c15-7-9-11(16)12(17)10(13(18)19-9)14-6-8-4-2-1-3-5-8/h1-6,9-13,15-18H,7H2. The summed E-state index contributed by atoms with van der Waals surface area (Å²) in [6, 6.07) is 8.18. The van der Waals surface area contributed by atoms with Gasteiger partial charge in [-0.1, -0.05) is 30.3 Å². The van der Waals surface area contributed by atoms with Crippen LogP contribution in [0.1, 0.15) is 5.56 Å². The highest BCUT2D eigenvalue weighted by atomic mass is 16.6. The minimum atomic E-state index is -1.37. The maximum absolute atomic E-state index is 9.87. The summed E-state index contributed by atoms with van der Waals surface area (Å²) in [5, 5.41) is 38.2. The Balaban J connectivity index is 2.09. The van der Waals surface area contributed by atoms with Crippen LogP contribution in [0, 0.1) is 0 Å². The minimum absolute atomic E-state index is 0.482. The molecule has 2 rings (SSSR count). The first kappa shape index (κ1) is 14.1. The van der Waals surface area contributed by atoms with Gasteiger partial charge in [0, 0.05) is 6.21 Å². The molecule has 5 atom stereocenters. The molecule has 1 aliphatic rings. The van der Waals surface area contributed by atoms with Gasteiger partial charge in [-0.2, -0.15) is 0 Å². The lowest BCUT2D eigenvalue weighted by Gasteiger charge is -2.38. The molecular weight excluding hydrogens is 250 g/mol. The van der Waals surface area contributed by atoms with Gasteiger partial charge in [0.1, 0.15) is 24.4 Å². The van der Waals surface area contributed by atoms with E-state index in [1.54, 1.807) is 0 Å². The van der Waals surface area contributed by atoms with E-state index in [2.05, 4.69) is 4.99 Å². The zero-order valence-electron chi connectivity index (χ0n) is 10.2. The van der Waals surface area contributed by atoms with Crippen LogP contribution in [0.15, 0.2) is 35.3 Å². The monoisotopic (exact) mass is 267 g/mol. The highest BCUT2D eigenvalue weighted by Gasteiger charge is 2.43. The number of benzene rings is 1. The zero-order chi connectivity index (χ0) is 13.8. The molecule has 1 fully saturated rings. The summed E-state index contributed by atoms with van der Waals surface area (Å²) >= 11 is 0. The fraction of sp³-hybridized carbons (Fsp3) is 0.462. The topological polar surface area (TPSA) is 103 Å². The SMILES string of the molecule is OCC1OC(O)C(N=Cc2ccccc2)C(O)C1O. The summed E-state index contributed by atoms with van der Waals surface area (Å²) in [6.45, 7) is -0.482. The van der Waals surface area contributed by atoms with Crippen LogP contribution in [0.4, 0.5) is 0 Å². The number of aliphatic imine (C=N–C) groups is 1. The second kappa shape index (κ2) is 6.23. The van der Waals surface area contributed by atoms with E-state index in [4.69, 9.17) is 9.84 Å². The predicted molar refractivity (Wildman–Crippen MR) is 67.8 cm³/mol. The molecule has 104 valence electrons. The summed E-state index contributed by atoms with van der Waals surface area (Å²) in [6.07, 6.45) is -3.46. The van der Waals surface area contributed by atoms with E-state index in [0.717, 1.165) is 5.56 Å². The fourth-order valence-corrected chi connectivity index (χ4v) is 1.95. The molecule has 0 aliphatic carbocycles. The molecule has 0 radical (unpaired) electrons. The zero-order valence-corrected chi connectivity index (χ0v) is 10.2. The van der Waals surface area contributed by atoms with Crippen LogP contribution >= 0.6 is 0 Å². The van der Waals surface area contributed by atoms with E-state index in [1.807, 2.05) is 30.3 Å². The highest BCUT2D eigenvalue weighted by Crippen LogP contribution is 2.22. The number of aliphatic hydroxyl groups is 4. The van der Waals surface area contributed by atoms with Crippen molar-refractivity contribution in [2.45, 2.75) is 30.6 Å². The lowest BCUT2D eigenvalue weighted by molar-refractivity contribution is -0.248. The van der Waals surface area contributed by atoms with Crippen LogP contribution in [0.5, 0.6) is 0 Å². The normalized spacial score (nSPS) is 35.7. The second-order valence-electron chi connectivity index (χ2n) is 4.41. The van der Waals surface area contributed by atoms with E-state index >= 15 is 0 Å². The molecule has 0 saturated carbocycles. The molecule has 19 heavy (non-hydrogen) atoms. The Bertz CT molecular complexity index is 424. The average Bonchev–Trinajstić information content (AvgIpc) is 2.44. The molecule has 6 heteroatoms. The van der Waals surface area contributed by atoms with Crippen molar-refractivity contribution in [3.05, 3.63) is 35.9 Å². The Hall–Kier alpha value is -1.31. The van der Waals surface area contributed by atoms with Crippen molar-refractivity contribution >= 4 is 6.21 Å². The molecule has 4 N–H and O–H groups in total. The Morgan fingerprint density at radius 2 is 1.79 bits per heavy atom. The fourth-order valence-electron chi connectivity index (χ4n) is 1.95. The van der Waals surface area contributed by atoms with Gasteiger partial charge in [0.2, 0.25) is 0 Å². The van der Waals surface area contributed by atoms with Crippen molar-refractivity contribution in [1.82, 2.24) is 0 Å². The first-order valence-corrected chi connectivity index (χ1v) is 6.02. The van der Waals surface area contributed by atoms with E-state index in [0.29, 0.717) is 0 Å². The van der Waals surface area contributed by atoms with Crippen LogP contribution in [0.2, 0.25) is 0 Å². The van der Waals surface area contributed by atoms with E-state index in [-0.39, 0.29) is 0 Å². The molecule has 0 amide bonds. The number of aliphatic hydroxyl groups excluding tert-OH is 4. The number of ether oxygens (including phenoxy) is 1. The van der Waals surface area contributed by atoms with Crippen LogP contribution in [0.3, 0.4) is 0 Å². The molecule has 1 heterocycles. The molecule has 0 spiro atoms. The van der Waals surface area contributed by atoms with Gasteiger partial charge in [0.25, 0.3) is 0 Å². The third kappa shape index (κ3) is 3.17. The van der Waals surface area contributed by atoms with Crippen molar-refractivity contribution in [3.63, 3.8) is 0 Å². The van der Waals surface area contributed by atoms with E-state index in [9.17, 15) is 15.3 Å². The van der Waals surface area contributed by atoms with Gasteiger partial charge in [0.15, 0.2) is 6.29 Å².